The van der Waals surface area contributed by atoms with Gasteiger partial charge in [0.15, 0.2) is 6.10 Å². The summed E-state index contributed by atoms with van der Waals surface area (Å²) in [5.74, 6) is -0.148. The maximum absolute atomic E-state index is 11.4. The molecule has 0 spiro atoms. The van der Waals surface area contributed by atoms with Crippen LogP contribution in [0.1, 0.15) is 49.3 Å². The van der Waals surface area contributed by atoms with Crippen LogP contribution in [0.25, 0.3) is 11.1 Å². The molecule has 0 bridgehead atoms. The maximum Gasteiger partial charge on any atom is 0.333 e. The van der Waals surface area contributed by atoms with E-state index in [2.05, 4.69) is 54.6 Å². The van der Waals surface area contributed by atoms with Gasteiger partial charge in [0.2, 0.25) is 0 Å². The van der Waals surface area contributed by atoms with E-state index in [4.69, 9.17) is 9.47 Å². The zero-order valence-electron chi connectivity index (χ0n) is 19.7. The van der Waals surface area contributed by atoms with Crippen LogP contribution in [-0.4, -0.2) is 30.4 Å². The number of carboxylic acid groups (broad SMARTS) is 1. The highest BCUT2D eigenvalue weighted by molar-refractivity contribution is 5.89. The van der Waals surface area contributed by atoms with E-state index in [0.717, 1.165) is 37.0 Å². The molecular weight excluding hydrogens is 424 g/mol. The highest BCUT2D eigenvalue weighted by Crippen LogP contribution is 2.37. The number of allylic oxidation sites excluding steroid dienone is 7. The Balaban J connectivity index is 1.35. The lowest BCUT2D eigenvalue weighted by Crippen LogP contribution is -2.26. The first-order chi connectivity index (χ1) is 16.7. The van der Waals surface area contributed by atoms with Gasteiger partial charge in [0.25, 0.3) is 0 Å². The maximum atomic E-state index is 11.4. The Morgan fingerprint density at radius 3 is 2.59 bits per heavy atom. The summed E-state index contributed by atoms with van der Waals surface area (Å²) in [6.07, 6.45) is 14.5. The van der Waals surface area contributed by atoms with Crippen LogP contribution in [0.5, 0.6) is 5.75 Å². The zero-order valence-corrected chi connectivity index (χ0v) is 19.7. The number of hydrogen-bond donors (Lipinski definition) is 1. The Morgan fingerprint density at radius 2 is 1.82 bits per heavy atom. The number of aliphatic carboxylic acids is 1. The molecule has 0 heterocycles. The lowest BCUT2D eigenvalue weighted by Gasteiger charge is -2.15. The van der Waals surface area contributed by atoms with Crippen molar-refractivity contribution in [2.75, 3.05) is 13.2 Å². The summed E-state index contributed by atoms with van der Waals surface area (Å²) in [7, 11) is 0. The van der Waals surface area contributed by atoms with Crippen molar-refractivity contribution < 1.29 is 19.4 Å². The summed E-state index contributed by atoms with van der Waals surface area (Å²) in [5.41, 5.74) is 7.50. The Kier molecular flexibility index (Phi) is 8.16. The lowest BCUT2D eigenvalue weighted by atomic mass is 9.89. The summed E-state index contributed by atoms with van der Waals surface area (Å²) < 4.78 is 11.4. The van der Waals surface area contributed by atoms with Crippen LogP contribution in [0.15, 0.2) is 84.5 Å². The number of ether oxygens (including phenoxy) is 2. The van der Waals surface area contributed by atoms with Crippen LogP contribution in [-0.2, 0) is 16.0 Å². The smallest absolute Gasteiger partial charge is 0.333 e. The number of carboxylic acids is 1. The van der Waals surface area contributed by atoms with E-state index in [1.54, 1.807) is 0 Å². The molecule has 0 aliphatic heterocycles. The fourth-order valence-corrected chi connectivity index (χ4v) is 4.38. The molecule has 1 unspecified atom stereocenters. The van der Waals surface area contributed by atoms with Gasteiger partial charge in [-0.25, -0.2) is 4.79 Å². The molecule has 2 aromatic carbocycles. The summed E-state index contributed by atoms with van der Waals surface area (Å²) in [4.78, 5) is 11.4. The molecule has 34 heavy (non-hydrogen) atoms. The van der Waals surface area contributed by atoms with E-state index in [1.165, 1.54) is 27.8 Å². The SMILES string of the molecule is CCCOC(Cc1ccc(OCC/C=C2\C=CC3=C(CCC=C3)c3ccccc32)cc1)C(=O)O. The molecule has 0 fully saturated rings. The van der Waals surface area contributed by atoms with Crippen molar-refractivity contribution in [3.05, 3.63) is 101 Å². The highest BCUT2D eigenvalue weighted by Gasteiger charge is 2.18. The molecule has 2 aromatic rings. The minimum absolute atomic E-state index is 0.348. The van der Waals surface area contributed by atoms with Gasteiger partial charge in [-0.05, 0) is 64.8 Å². The van der Waals surface area contributed by atoms with E-state index in [-0.39, 0.29) is 0 Å². The van der Waals surface area contributed by atoms with Crippen LogP contribution in [0, 0.1) is 0 Å². The first-order valence-corrected chi connectivity index (χ1v) is 12.1. The number of hydrogen-bond acceptors (Lipinski definition) is 3. The summed E-state index contributed by atoms with van der Waals surface area (Å²) in [6.45, 7) is 2.99. The van der Waals surface area contributed by atoms with Gasteiger partial charge in [-0.15, -0.1) is 0 Å². The molecule has 0 saturated carbocycles. The van der Waals surface area contributed by atoms with E-state index in [9.17, 15) is 9.90 Å². The Bertz CT molecular complexity index is 1120. The molecule has 1 N–H and O–H groups in total. The van der Waals surface area contributed by atoms with Gasteiger partial charge >= 0.3 is 5.97 Å². The van der Waals surface area contributed by atoms with Crippen LogP contribution in [0.3, 0.4) is 0 Å². The fraction of sp³-hybridized carbons (Fsp3) is 0.300. The van der Waals surface area contributed by atoms with E-state index >= 15 is 0 Å². The third kappa shape index (κ3) is 5.95. The van der Waals surface area contributed by atoms with E-state index < -0.39 is 12.1 Å². The van der Waals surface area contributed by atoms with Crippen LogP contribution in [0.4, 0.5) is 0 Å². The molecule has 0 saturated heterocycles. The van der Waals surface area contributed by atoms with Crippen molar-refractivity contribution in [3.8, 4) is 5.75 Å². The molecule has 4 heteroatoms. The first-order valence-electron chi connectivity index (χ1n) is 12.1. The van der Waals surface area contributed by atoms with Crippen molar-refractivity contribution in [2.45, 2.75) is 45.1 Å². The Labute approximate surface area is 201 Å². The Hall–Kier alpha value is -3.37. The first kappa shape index (κ1) is 23.8. The van der Waals surface area contributed by atoms with Gasteiger partial charge in [0, 0.05) is 19.4 Å². The van der Waals surface area contributed by atoms with Gasteiger partial charge in [0.1, 0.15) is 5.75 Å². The number of carbonyl (C=O) groups is 1. The monoisotopic (exact) mass is 456 g/mol. The predicted octanol–water partition coefficient (Wildman–Crippen LogP) is 6.63. The second-order valence-electron chi connectivity index (χ2n) is 8.60. The van der Waals surface area contributed by atoms with Crippen molar-refractivity contribution in [1.29, 1.82) is 0 Å². The van der Waals surface area contributed by atoms with Crippen LogP contribution >= 0.6 is 0 Å². The molecule has 4 nitrogen and oxygen atoms in total. The van der Waals surface area contributed by atoms with Crippen molar-refractivity contribution in [2.24, 2.45) is 0 Å². The Morgan fingerprint density at radius 1 is 1.03 bits per heavy atom. The van der Waals surface area contributed by atoms with Crippen LogP contribution in [0.2, 0.25) is 0 Å². The number of benzene rings is 2. The average molecular weight is 457 g/mol. The molecule has 4 rings (SSSR count). The summed E-state index contributed by atoms with van der Waals surface area (Å²) in [6, 6.07) is 16.3. The minimum Gasteiger partial charge on any atom is -0.493 e. The topological polar surface area (TPSA) is 55.8 Å². The summed E-state index contributed by atoms with van der Waals surface area (Å²) >= 11 is 0. The quantitative estimate of drug-likeness (QED) is 0.408. The van der Waals surface area contributed by atoms with Crippen LogP contribution < -0.4 is 4.74 Å². The van der Waals surface area contributed by atoms with E-state index in [1.807, 2.05) is 31.2 Å². The second-order valence-corrected chi connectivity index (χ2v) is 8.60. The van der Waals surface area contributed by atoms with Gasteiger partial charge in [-0.2, -0.15) is 0 Å². The van der Waals surface area contributed by atoms with Crippen molar-refractivity contribution in [3.63, 3.8) is 0 Å². The molecule has 2 aliphatic rings. The summed E-state index contributed by atoms with van der Waals surface area (Å²) in [5, 5.41) is 9.34. The fourth-order valence-electron chi connectivity index (χ4n) is 4.38. The van der Waals surface area contributed by atoms with Crippen molar-refractivity contribution >= 4 is 17.1 Å². The standard InChI is InChI=1S/C30H32O4/c1-2-19-34-29(30(31)32)21-22-13-17-25(18-14-22)33-20-7-9-24-16-15-23-8-3-4-10-26(23)28-12-6-5-11-27(24)28/h3,5-6,8-9,11-18,29H,2,4,7,10,19-21H2,1H3,(H,31,32)/b24-9+. The molecule has 176 valence electrons. The lowest BCUT2D eigenvalue weighted by molar-refractivity contribution is -0.150. The largest absolute Gasteiger partial charge is 0.493 e. The van der Waals surface area contributed by atoms with Gasteiger partial charge in [-0.1, -0.05) is 73.7 Å². The molecule has 1 atom stereocenters. The molecule has 0 amide bonds. The number of rotatable bonds is 10. The molecular formula is C30H32O4. The highest BCUT2D eigenvalue weighted by atomic mass is 16.5. The number of fused-ring (bicyclic) bond motifs is 2. The minimum atomic E-state index is -0.928. The molecule has 0 aromatic heterocycles. The molecule has 0 radical (unpaired) electrons. The average Bonchev–Trinajstić information content (AvgIpc) is 3.02. The van der Waals surface area contributed by atoms with Gasteiger partial charge in [-0.3, -0.25) is 0 Å². The molecule has 2 aliphatic carbocycles. The van der Waals surface area contributed by atoms with Gasteiger partial charge < -0.3 is 14.6 Å². The van der Waals surface area contributed by atoms with Gasteiger partial charge in [0.05, 0.1) is 6.61 Å². The zero-order chi connectivity index (χ0) is 23.8. The third-order valence-electron chi connectivity index (χ3n) is 6.11. The van der Waals surface area contributed by atoms with E-state index in [0.29, 0.717) is 19.6 Å². The normalized spacial score (nSPS) is 16.7. The third-order valence-corrected chi connectivity index (χ3v) is 6.11. The van der Waals surface area contributed by atoms with Crippen molar-refractivity contribution in [1.82, 2.24) is 0 Å². The second kappa shape index (κ2) is 11.7. The predicted molar refractivity (Wildman–Crippen MR) is 137 cm³/mol.